The first-order valence-electron chi connectivity index (χ1n) is 7.30. The molecule has 5 nitrogen and oxygen atoms in total. The van der Waals surface area contributed by atoms with Crippen LogP contribution in [-0.2, 0) is 9.53 Å². The Bertz CT molecular complexity index is 923. The van der Waals surface area contributed by atoms with E-state index in [2.05, 4.69) is 4.99 Å². The van der Waals surface area contributed by atoms with Crippen LogP contribution in [0.2, 0.25) is 0 Å². The molecule has 3 rings (SSSR count). The number of halogens is 2. The van der Waals surface area contributed by atoms with Crippen molar-refractivity contribution in [2.45, 2.75) is 19.8 Å². The largest absolute Gasteiger partial charge is 0.495 e. The zero-order chi connectivity index (χ0) is 18.3. The number of thiophene rings is 1. The second-order valence-corrected chi connectivity index (χ2v) is 6.98. The monoisotopic (exact) mass is 381 g/mol. The predicted octanol–water partition coefficient (Wildman–Crippen LogP) is 4.07. The van der Waals surface area contributed by atoms with Crippen LogP contribution in [0.1, 0.15) is 29.4 Å². The molecule has 1 N–H and O–H groups in total. The van der Waals surface area contributed by atoms with Gasteiger partial charge in [0.15, 0.2) is 5.13 Å². The summed E-state index contributed by atoms with van der Waals surface area (Å²) in [6.45, 7) is 1.68. The number of carboxylic acid groups (broad SMARTS) is 1. The van der Waals surface area contributed by atoms with E-state index in [-0.39, 0.29) is 29.1 Å². The van der Waals surface area contributed by atoms with Crippen LogP contribution in [0.25, 0.3) is 0 Å². The zero-order valence-electron chi connectivity index (χ0n) is 13.4. The summed E-state index contributed by atoms with van der Waals surface area (Å²) in [6.07, 6.45) is -0.0333. The topological polar surface area (TPSA) is 76.0 Å². The van der Waals surface area contributed by atoms with Crippen molar-refractivity contribution in [2.75, 3.05) is 7.11 Å². The molecule has 8 heteroatoms. The number of ketones is 1. The Morgan fingerprint density at radius 2 is 2.16 bits per heavy atom. The standard InChI is InChI=1S/C17H13ClFNO4S/c1-7-8(5-13(21)22)14-10(20-7)6-9(18)17(24-2)15(14)16(23)11-3-4-12(19)25-11/h3-4H,5-6H2,1-2H3,(H,21,22). The quantitative estimate of drug-likeness (QED) is 0.780. The summed E-state index contributed by atoms with van der Waals surface area (Å²) in [5.74, 6) is -1.33. The molecule has 0 saturated carbocycles. The lowest BCUT2D eigenvalue weighted by atomic mass is 9.86. The van der Waals surface area contributed by atoms with E-state index in [0.29, 0.717) is 38.9 Å². The summed E-state index contributed by atoms with van der Waals surface area (Å²) >= 11 is 6.97. The Labute approximate surface area is 151 Å². The molecule has 0 unspecified atom stereocenters. The molecule has 0 aromatic carbocycles. The van der Waals surface area contributed by atoms with Gasteiger partial charge in [-0.25, -0.2) is 0 Å². The number of Topliss-reactive ketones (excluding diaryl/α,β-unsaturated/α-hetero) is 1. The molecule has 0 radical (unpaired) electrons. The van der Waals surface area contributed by atoms with Crippen molar-refractivity contribution in [3.05, 3.63) is 55.3 Å². The number of rotatable bonds is 5. The van der Waals surface area contributed by atoms with Crippen LogP contribution in [0.3, 0.4) is 0 Å². The highest BCUT2D eigenvalue weighted by Gasteiger charge is 2.37. The summed E-state index contributed by atoms with van der Waals surface area (Å²) in [5.41, 5.74) is 2.06. The second-order valence-electron chi connectivity index (χ2n) is 5.49. The predicted molar refractivity (Wildman–Crippen MR) is 92.5 cm³/mol. The van der Waals surface area contributed by atoms with Crippen molar-refractivity contribution >= 4 is 40.4 Å². The van der Waals surface area contributed by atoms with E-state index < -0.39 is 16.9 Å². The number of hydrogen-bond donors (Lipinski definition) is 1. The molecule has 1 aliphatic heterocycles. The van der Waals surface area contributed by atoms with Gasteiger partial charge in [0.25, 0.3) is 0 Å². The normalized spacial score (nSPS) is 17.0. The summed E-state index contributed by atoms with van der Waals surface area (Å²) < 4.78 is 18.7. The van der Waals surface area contributed by atoms with E-state index in [4.69, 9.17) is 16.3 Å². The molecule has 1 aliphatic carbocycles. The SMILES string of the molecule is COC1=C(Cl)CC2=NC(C)=C(CC(=O)O)C2=C1C(=O)c1ccc(F)s1. The smallest absolute Gasteiger partial charge is 0.307 e. The third-order valence-electron chi connectivity index (χ3n) is 3.93. The Kier molecular flexibility index (Phi) is 4.62. The maximum atomic E-state index is 13.4. The highest BCUT2D eigenvalue weighted by molar-refractivity contribution is 7.12. The molecule has 1 aromatic heterocycles. The molecular weight excluding hydrogens is 369 g/mol. The van der Waals surface area contributed by atoms with E-state index >= 15 is 0 Å². The van der Waals surface area contributed by atoms with Gasteiger partial charge in [-0.2, -0.15) is 4.39 Å². The summed E-state index contributed by atoms with van der Waals surface area (Å²) in [7, 11) is 1.38. The third-order valence-corrected chi connectivity index (χ3v) is 5.11. The van der Waals surface area contributed by atoms with Gasteiger partial charge in [-0.15, -0.1) is 11.3 Å². The molecule has 130 valence electrons. The Morgan fingerprint density at radius 3 is 2.72 bits per heavy atom. The fourth-order valence-electron chi connectivity index (χ4n) is 2.94. The number of hydrogen-bond acceptors (Lipinski definition) is 5. The first-order chi connectivity index (χ1) is 11.8. The minimum atomic E-state index is -1.04. The second kappa shape index (κ2) is 6.57. The number of aliphatic carboxylic acids is 1. The fraction of sp³-hybridized carbons (Fsp3) is 0.235. The zero-order valence-corrected chi connectivity index (χ0v) is 14.9. The molecule has 25 heavy (non-hydrogen) atoms. The van der Waals surface area contributed by atoms with Crippen molar-refractivity contribution in [3.63, 3.8) is 0 Å². The van der Waals surface area contributed by atoms with Crippen molar-refractivity contribution in [1.82, 2.24) is 0 Å². The summed E-state index contributed by atoms with van der Waals surface area (Å²) in [6, 6.07) is 2.58. The van der Waals surface area contributed by atoms with Gasteiger partial charge in [0.1, 0.15) is 5.76 Å². The van der Waals surface area contributed by atoms with Crippen LogP contribution in [-0.4, -0.2) is 29.7 Å². The van der Waals surface area contributed by atoms with Gasteiger partial charge in [-0.05, 0) is 24.6 Å². The number of aliphatic imine (C=N–C) groups is 1. The van der Waals surface area contributed by atoms with Crippen LogP contribution in [0.4, 0.5) is 4.39 Å². The third kappa shape index (κ3) is 3.05. The van der Waals surface area contributed by atoms with Crippen LogP contribution in [0.15, 0.2) is 50.3 Å². The Hall–Kier alpha value is -2.25. The highest BCUT2D eigenvalue weighted by Crippen LogP contribution is 2.42. The number of fused-ring (bicyclic) bond motifs is 1. The van der Waals surface area contributed by atoms with Gasteiger partial charge in [-0.1, -0.05) is 11.6 Å². The minimum Gasteiger partial charge on any atom is -0.495 e. The van der Waals surface area contributed by atoms with Gasteiger partial charge < -0.3 is 9.84 Å². The number of carbonyl (C=O) groups is 2. The summed E-state index contributed by atoms with van der Waals surface area (Å²) in [4.78, 5) is 28.8. The van der Waals surface area contributed by atoms with Crippen molar-refractivity contribution in [1.29, 1.82) is 0 Å². The number of nitrogens with zero attached hydrogens (tertiary/aromatic N) is 1. The maximum Gasteiger partial charge on any atom is 0.307 e. The van der Waals surface area contributed by atoms with E-state index in [1.165, 1.54) is 19.2 Å². The Balaban J connectivity index is 2.23. The molecular formula is C17H13ClFNO4S. The molecule has 0 amide bonds. The van der Waals surface area contributed by atoms with E-state index in [1.54, 1.807) is 6.92 Å². The van der Waals surface area contributed by atoms with Gasteiger partial charge in [0.2, 0.25) is 5.78 Å². The lowest BCUT2D eigenvalue weighted by Crippen LogP contribution is -2.20. The minimum absolute atomic E-state index is 0.132. The molecule has 0 atom stereocenters. The Morgan fingerprint density at radius 1 is 1.44 bits per heavy atom. The van der Waals surface area contributed by atoms with E-state index in [9.17, 15) is 19.1 Å². The fourth-order valence-corrected chi connectivity index (χ4v) is 3.91. The summed E-state index contributed by atoms with van der Waals surface area (Å²) in [5, 5.41) is 9.00. The van der Waals surface area contributed by atoms with Gasteiger partial charge in [0.05, 0.1) is 34.7 Å². The van der Waals surface area contributed by atoms with Gasteiger partial charge >= 0.3 is 5.97 Å². The van der Waals surface area contributed by atoms with Crippen LogP contribution in [0, 0.1) is 5.13 Å². The lowest BCUT2D eigenvalue weighted by molar-refractivity contribution is -0.136. The number of carboxylic acids is 1. The number of allylic oxidation sites excluding steroid dienone is 4. The molecule has 1 aromatic rings. The van der Waals surface area contributed by atoms with E-state index in [1.807, 2.05) is 0 Å². The van der Waals surface area contributed by atoms with Crippen LogP contribution in [0.5, 0.6) is 0 Å². The van der Waals surface area contributed by atoms with Crippen LogP contribution >= 0.6 is 22.9 Å². The first kappa shape index (κ1) is 17.6. The van der Waals surface area contributed by atoms with Crippen molar-refractivity contribution in [3.8, 4) is 0 Å². The first-order valence-corrected chi connectivity index (χ1v) is 8.50. The number of ether oxygens (including phenoxy) is 1. The average molecular weight is 382 g/mol. The average Bonchev–Trinajstić information content (AvgIpc) is 3.09. The molecule has 2 aliphatic rings. The van der Waals surface area contributed by atoms with Crippen LogP contribution < -0.4 is 0 Å². The molecule has 0 spiro atoms. The number of methoxy groups -OCH3 is 1. The van der Waals surface area contributed by atoms with Gasteiger partial charge in [0, 0.05) is 17.7 Å². The van der Waals surface area contributed by atoms with E-state index in [0.717, 1.165) is 0 Å². The van der Waals surface area contributed by atoms with Gasteiger partial charge in [-0.3, -0.25) is 14.6 Å². The molecule has 0 saturated heterocycles. The maximum absolute atomic E-state index is 13.4. The number of carbonyl (C=O) groups excluding carboxylic acids is 1. The highest BCUT2D eigenvalue weighted by atomic mass is 35.5. The molecule has 0 bridgehead atoms. The van der Waals surface area contributed by atoms with Crippen molar-refractivity contribution in [2.24, 2.45) is 4.99 Å². The lowest BCUT2D eigenvalue weighted by Gasteiger charge is -2.22. The molecule has 0 fully saturated rings. The molecule has 2 heterocycles. The van der Waals surface area contributed by atoms with Crippen molar-refractivity contribution < 1.29 is 23.8 Å².